The topological polar surface area (TPSA) is 52.1 Å². The van der Waals surface area contributed by atoms with Crippen molar-refractivity contribution in [2.75, 3.05) is 0 Å². The van der Waals surface area contributed by atoms with E-state index in [1.807, 2.05) is 0 Å². The Bertz CT molecular complexity index is 371. The molecule has 0 atom stereocenters. The van der Waals surface area contributed by atoms with Gasteiger partial charge in [0, 0.05) is 0 Å². The first-order valence-corrected chi connectivity index (χ1v) is 4.63. The minimum atomic E-state index is -2.69. The van der Waals surface area contributed by atoms with E-state index in [2.05, 4.69) is 9.97 Å². The second-order valence-electron chi connectivity index (χ2n) is 4.13. The maximum absolute atomic E-state index is 12.2. The Labute approximate surface area is 91.7 Å². The lowest BCUT2D eigenvalue weighted by Crippen LogP contribution is -2.24. The molecule has 1 aromatic heterocycles. The van der Waals surface area contributed by atoms with Gasteiger partial charge in [0.15, 0.2) is 5.69 Å². The van der Waals surface area contributed by atoms with Crippen molar-refractivity contribution < 1.29 is 18.3 Å². The summed E-state index contributed by atoms with van der Waals surface area (Å²) < 4.78 is 29.3. The highest BCUT2D eigenvalue weighted by atomic mass is 19.3. The number of nitrogens with zero attached hydrogens (tertiary/aromatic N) is 2. The Morgan fingerprint density at radius 3 is 2.31 bits per heavy atom. The molecule has 88 valence electrons. The molecule has 0 aromatic carbocycles. The Balaban J connectivity index is 2.78. The predicted molar refractivity (Wildman–Crippen MR) is 52.2 cm³/mol. The number of aromatic nitrogens is 2. The molecule has 4 nitrogen and oxygen atoms in total. The van der Waals surface area contributed by atoms with Crippen molar-refractivity contribution in [3.05, 3.63) is 23.8 Å². The fourth-order valence-corrected chi connectivity index (χ4v) is 0.886. The minimum Gasteiger partial charge on any atom is -0.455 e. The van der Waals surface area contributed by atoms with Gasteiger partial charge in [-0.1, -0.05) is 0 Å². The van der Waals surface area contributed by atoms with Crippen molar-refractivity contribution in [1.29, 1.82) is 0 Å². The fraction of sp³-hybridized carbons (Fsp3) is 0.500. The first-order chi connectivity index (χ1) is 7.29. The molecule has 1 heterocycles. The van der Waals surface area contributed by atoms with Crippen LogP contribution in [0.1, 0.15) is 43.4 Å². The van der Waals surface area contributed by atoms with E-state index in [4.69, 9.17) is 4.74 Å². The SMILES string of the molecule is CC(C)(C)OC(=O)c1cnc(C(F)F)cn1. The number of alkyl halides is 2. The summed E-state index contributed by atoms with van der Waals surface area (Å²) in [5, 5.41) is 0. The van der Waals surface area contributed by atoms with Gasteiger partial charge >= 0.3 is 5.97 Å². The van der Waals surface area contributed by atoms with Crippen LogP contribution in [-0.2, 0) is 4.74 Å². The van der Waals surface area contributed by atoms with Gasteiger partial charge in [-0.2, -0.15) is 0 Å². The van der Waals surface area contributed by atoms with E-state index in [-0.39, 0.29) is 5.69 Å². The number of hydrogen-bond acceptors (Lipinski definition) is 4. The maximum Gasteiger partial charge on any atom is 0.359 e. The number of carbonyl (C=O) groups excluding carboxylic acids is 1. The normalized spacial score (nSPS) is 11.6. The summed E-state index contributed by atoms with van der Waals surface area (Å²) in [5.74, 6) is -0.680. The molecule has 0 saturated carbocycles. The predicted octanol–water partition coefficient (Wildman–Crippen LogP) is 2.37. The Morgan fingerprint density at radius 1 is 1.31 bits per heavy atom. The Hall–Kier alpha value is -1.59. The maximum atomic E-state index is 12.2. The van der Waals surface area contributed by atoms with Crippen molar-refractivity contribution in [2.45, 2.75) is 32.8 Å². The molecule has 0 aliphatic carbocycles. The van der Waals surface area contributed by atoms with Gasteiger partial charge in [-0.3, -0.25) is 4.98 Å². The van der Waals surface area contributed by atoms with E-state index in [1.165, 1.54) is 0 Å². The molecule has 0 aliphatic heterocycles. The van der Waals surface area contributed by atoms with Gasteiger partial charge in [-0.25, -0.2) is 18.6 Å². The summed E-state index contributed by atoms with van der Waals surface area (Å²) in [6.07, 6.45) is -0.848. The molecule has 0 saturated heterocycles. The molecule has 0 amide bonds. The van der Waals surface area contributed by atoms with E-state index in [0.717, 1.165) is 12.4 Å². The molecule has 1 rings (SSSR count). The van der Waals surface area contributed by atoms with Gasteiger partial charge in [0.2, 0.25) is 0 Å². The average Bonchev–Trinajstić information content (AvgIpc) is 2.15. The highest BCUT2D eigenvalue weighted by molar-refractivity contribution is 5.87. The number of halogens is 2. The van der Waals surface area contributed by atoms with Crippen LogP contribution in [0.5, 0.6) is 0 Å². The van der Waals surface area contributed by atoms with E-state index in [9.17, 15) is 13.6 Å². The summed E-state index contributed by atoms with van der Waals surface area (Å²) in [6, 6.07) is 0. The Morgan fingerprint density at radius 2 is 1.94 bits per heavy atom. The largest absolute Gasteiger partial charge is 0.455 e. The zero-order chi connectivity index (χ0) is 12.3. The fourth-order valence-electron chi connectivity index (χ4n) is 0.886. The minimum absolute atomic E-state index is 0.0840. The highest BCUT2D eigenvalue weighted by Crippen LogP contribution is 2.15. The third-order valence-electron chi connectivity index (χ3n) is 1.50. The van der Waals surface area contributed by atoms with Crippen LogP contribution in [-0.4, -0.2) is 21.5 Å². The lowest BCUT2D eigenvalue weighted by molar-refractivity contribution is 0.00617. The zero-order valence-corrected chi connectivity index (χ0v) is 9.20. The molecule has 0 spiro atoms. The first-order valence-electron chi connectivity index (χ1n) is 4.63. The van der Waals surface area contributed by atoms with Crippen LogP contribution < -0.4 is 0 Å². The zero-order valence-electron chi connectivity index (χ0n) is 9.20. The quantitative estimate of drug-likeness (QED) is 0.732. The van der Waals surface area contributed by atoms with Gasteiger partial charge in [0.1, 0.15) is 11.3 Å². The summed E-state index contributed by atoms with van der Waals surface area (Å²) in [7, 11) is 0. The molecule has 0 fully saturated rings. The molecule has 0 aliphatic rings. The standard InChI is InChI=1S/C10H12F2N2O2/c1-10(2,3)16-9(15)7-5-13-6(4-14-7)8(11)12/h4-5,8H,1-3H3. The summed E-state index contributed by atoms with van der Waals surface area (Å²) in [5.41, 5.74) is -1.20. The van der Waals surface area contributed by atoms with Crippen molar-refractivity contribution in [3.8, 4) is 0 Å². The van der Waals surface area contributed by atoms with Crippen LogP contribution in [0.3, 0.4) is 0 Å². The number of carbonyl (C=O) groups is 1. The number of ether oxygens (including phenoxy) is 1. The monoisotopic (exact) mass is 230 g/mol. The van der Waals surface area contributed by atoms with Gasteiger partial charge in [-0.05, 0) is 20.8 Å². The third-order valence-corrected chi connectivity index (χ3v) is 1.50. The molecule has 1 aromatic rings. The first kappa shape index (κ1) is 12.5. The van der Waals surface area contributed by atoms with Crippen molar-refractivity contribution in [2.24, 2.45) is 0 Å². The van der Waals surface area contributed by atoms with Gasteiger partial charge in [-0.15, -0.1) is 0 Å². The van der Waals surface area contributed by atoms with Gasteiger partial charge < -0.3 is 4.74 Å². The van der Waals surface area contributed by atoms with Crippen LogP contribution in [0, 0.1) is 0 Å². The molecular weight excluding hydrogens is 218 g/mol. The van der Waals surface area contributed by atoms with Crippen molar-refractivity contribution in [3.63, 3.8) is 0 Å². The Kier molecular flexibility index (Phi) is 3.51. The smallest absolute Gasteiger partial charge is 0.359 e. The average molecular weight is 230 g/mol. The highest BCUT2D eigenvalue weighted by Gasteiger charge is 2.19. The molecular formula is C10H12F2N2O2. The van der Waals surface area contributed by atoms with Crippen LogP contribution in [0.25, 0.3) is 0 Å². The van der Waals surface area contributed by atoms with Crippen molar-refractivity contribution >= 4 is 5.97 Å². The van der Waals surface area contributed by atoms with E-state index < -0.39 is 23.7 Å². The molecule has 0 N–H and O–H groups in total. The number of esters is 1. The second-order valence-corrected chi connectivity index (χ2v) is 4.13. The summed E-state index contributed by atoms with van der Waals surface area (Å²) in [6.45, 7) is 5.10. The van der Waals surface area contributed by atoms with Crippen LogP contribution >= 0.6 is 0 Å². The molecule has 16 heavy (non-hydrogen) atoms. The molecule has 0 bridgehead atoms. The lowest BCUT2D eigenvalue weighted by atomic mass is 10.2. The second kappa shape index (κ2) is 4.51. The lowest BCUT2D eigenvalue weighted by Gasteiger charge is -2.18. The van der Waals surface area contributed by atoms with E-state index in [1.54, 1.807) is 20.8 Å². The summed E-state index contributed by atoms with van der Waals surface area (Å²) in [4.78, 5) is 18.4. The molecule has 0 radical (unpaired) electrons. The molecule has 0 unspecified atom stereocenters. The third kappa shape index (κ3) is 3.52. The van der Waals surface area contributed by atoms with E-state index >= 15 is 0 Å². The summed E-state index contributed by atoms with van der Waals surface area (Å²) >= 11 is 0. The van der Waals surface area contributed by atoms with Crippen LogP contribution in [0.2, 0.25) is 0 Å². The van der Waals surface area contributed by atoms with Crippen LogP contribution in [0.4, 0.5) is 8.78 Å². The van der Waals surface area contributed by atoms with Gasteiger partial charge in [0.25, 0.3) is 6.43 Å². The van der Waals surface area contributed by atoms with E-state index in [0.29, 0.717) is 0 Å². The van der Waals surface area contributed by atoms with Crippen LogP contribution in [0.15, 0.2) is 12.4 Å². The number of hydrogen-bond donors (Lipinski definition) is 0. The molecule has 6 heteroatoms. The van der Waals surface area contributed by atoms with Crippen molar-refractivity contribution in [1.82, 2.24) is 9.97 Å². The van der Waals surface area contributed by atoms with Gasteiger partial charge in [0.05, 0.1) is 12.4 Å². The number of rotatable bonds is 2.